The lowest BCUT2D eigenvalue weighted by atomic mass is 9.88. The van der Waals surface area contributed by atoms with Gasteiger partial charge in [0, 0.05) is 13.1 Å². The van der Waals surface area contributed by atoms with Gasteiger partial charge in [-0.3, -0.25) is 4.79 Å². The van der Waals surface area contributed by atoms with Crippen molar-refractivity contribution in [1.29, 1.82) is 0 Å². The highest BCUT2D eigenvalue weighted by Gasteiger charge is 2.33. The third-order valence-electron chi connectivity index (χ3n) is 4.88. The van der Waals surface area contributed by atoms with Crippen molar-refractivity contribution in [2.24, 2.45) is 5.92 Å². The van der Waals surface area contributed by atoms with Crippen LogP contribution in [0.3, 0.4) is 0 Å². The molecule has 3 rings (SSSR count). The molecule has 24 heavy (non-hydrogen) atoms. The first-order chi connectivity index (χ1) is 11.4. The van der Waals surface area contributed by atoms with Crippen molar-refractivity contribution in [2.45, 2.75) is 31.9 Å². The molecule has 0 saturated carbocycles. The molecule has 0 aliphatic carbocycles. The topological polar surface area (TPSA) is 52.6 Å². The molecule has 0 spiro atoms. The number of nitrogens with zero attached hydrogens (tertiary/aromatic N) is 1. The van der Waals surface area contributed by atoms with Gasteiger partial charge in [0.25, 0.3) is 0 Å². The van der Waals surface area contributed by atoms with Crippen LogP contribution < -0.4 is 5.32 Å². The highest BCUT2D eigenvalue weighted by atomic mass is 16.3. The van der Waals surface area contributed by atoms with E-state index in [1.165, 1.54) is 5.39 Å². The Balaban J connectivity index is 1.83. The summed E-state index contributed by atoms with van der Waals surface area (Å²) in [6, 6.07) is 14.4. The molecule has 2 unspecified atom stereocenters. The summed E-state index contributed by atoms with van der Waals surface area (Å²) in [5.41, 5.74) is 0.637. The summed E-state index contributed by atoms with van der Waals surface area (Å²) in [6.07, 6.45) is 0.0992. The van der Waals surface area contributed by atoms with Crippen molar-refractivity contribution in [3.05, 3.63) is 48.0 Å². The van der Waals surface area contributed by atoms with Gasteiger partial charge in [-0.25, -0.2) is 0 Å². The van der Waals surface area contributed by atoms with E-state index in [0.29, 0.717) is 19.5 Å². The highest BCUT2D eigenvalue weighted by molar-refractivity contribution is 5.88. The fourth-order valence-electron chi connectivity index (χ4n) is 3.73. The minimum atomic E-state index is -0.473. The van der Waals surface area contributed by atoms with Crippen LogP contribution in [0.2, 0.25) is 0 Å². The van der Waals surface area contributed by atoms with E-state index in [0.717, 1.165) is 10.9 Å². The molecule has 2 aromatic rings. The molecule has 2 N–H and O–H groups in total. The molecule has 4 heteroatoms. The lowest BCUT2D eigenvalue weighted by Crippen LogP contribution is -2.50. The Bertz CT molecular complexity index is 726. The maximum absolute atomic E-state index is 12.8. The Morgan fingerprint density at radius 1 is 1.17 bits per heavy atom. The SMILES string of the molecule is CN1CC(O)CC(C(=O)NC(C)(C)c2cccc3ccccc23)C1. The van der Waals surface area contributed by atoms with Crippen LogP contribution in [0.25, 0.3) is 10.8 Å². The van der Waals surface area contributed by atoms with Crippen LogP contribution in [0.4, 0.5) is 0 Å². The van der Waals surface area contributed by atoms with Crippen molar-refractivity contribution >= 4 is 16.7 Å². The standard InChI is InChI=1S/C20H26N2O2/c1-20(2,18-10-6-8-14-7-4-5-9-17(14)18)21-19(24)15-11-16(23)13-22(3)12-15/h4-10,15-16,23H,11-13H2,1-3H3,(H,21,24). The zero-order chi connectivity index (χ0) is 17.3. The largest absolute Gasteiger partial charge is 0.392 e. The summed E-state index contributed by atoms with van der Waals surface area (Å²) >= 11 is 0. The average molecular weight is 326 g/mol. The molecule has 1 aliphatic heterocycles. The number of rotatable bonds is 3. The number of hydrogen-bond donors (Lipinski definition) is 2. The molecule has 0 radical (unpaired) electrons. The van der Waals surface area contributed by atoms with Gasteiger partial charge in [-0.05, 0) is 43.7 Å². The lowest BCUT2D eigenvalue weighted by Gasteiger charge is -2.35. The Kier molecular flexibility index (Phi) is 4.61. The summed E-state index contributed by atoms with van der Waals surface area (Å²) < 4.78 is 0. The second-order valence-electron chi connectivity index (χ2n) is 7.45. The third kappa shape index (κ3) is 3.45. The number of β-amino-alcohol motifs (C(OH)–C–C–N with tert-alkyl or cyclic N) is 1. The van der Waals surface area contributed by atoms with Gasteiger partial charge in [0.15, 0.2) is 0 Å². The maximum atomic E-state index is 12.8. The molecule has 2 atom stereocenters. The van der Waals surface area contributed by atoms with Crippen LogP contribution in [0.15, 0.2) is 42.5 Å². The number of likely N-dealkylation sites (N-methyl/N-ethyl adjacent to an activating group) is 1. The monoisotopic (exact) mass is 326 g/mol. The zero-order valence-electron chi connectivity index (χ0n) is 14.6. The quantitative estimate of drug-likeness (QED) is 0.911. The number of aliphatic hydroxyl groups is 1. The molecule has 1 fully saturated rings. The predicted octanol–water partition coefficient (Wildman–Crippen LogP) is 2.50. The van der Waals surface area contributed by atoms with Crippen LogP contribution in [0.5, 0.6) is 0 Å². The molecule has 1 amide bonds. The van der Waals surface area contributed by atoms with Gasteiger partial charge in [0.1, 0.15) is 0 Å². The number of piperidine rings is 1. The summed E-state index contributed by atoms with van der Waals surface area (Å²) in [5, 5.41) is 15.5. The number of fused-ring (bicyclic) bond motifs is 1. The number of nitrogens with one attached hydrogen (secondary N) is 1. The minimum Gasteiger partial charge on any atom is -0.392 e. The van der Waals surface area contributed by atoms with Gasteiger partial charge in [0.2, 0.25) is 5.91 Å². The van der Waals surface area contributed by atoms with Gasteiger partial charge >= 0.3 is 0 Å². The third-order valence-corrected chi connectivity index (χ3v) is 4.88. The van der Waals surface area contributed by atoms with Gasteiger partial charge in [-0.15, -0.1) is 0 Å². The number of hydrogen-bond acceptors (Lipinski definition) is 3. The Hall–Kier alpha value is -1.91. The van der Waals surface area contributed by atoms with Crippen LogP contribution in [0.1, 0.15) is 25.8 Å². The summed E-state index contributed by atoms with van der Waals surface area (Å²) in [5.74, 6) is -0.161. The first-order valence-electron chi connectivity index (χ1n) is 8.54. The van der Waals surface area contributed by atoms with Crippen molar-refractivity contribution in [1.82, 2.24) is 10.2 Å². The number of likely N-dealkylation sites (tertiary alicyclic amines) is 1. The fourth-order valence-corrected chi connectivity index (χ4v) is 3.73. The fraction of sp³-hybridized carbons (Fsp3) is 0.450. The first-order valence-corrected chi connectivity index (χ1v) is 8.54. The van der Waals surface area contributed by atoms with E-state index < -0.39 is 11.6 Å². The summed E-state index contributed by atoms with van der Waals surface area (Å²) in [7, 11) is 1.94. The number of amides is 1. The lowest BCUT2D eigenvalue weighted by molar-refractivity contribution is -0.130. The molecule has 2 aromatic carbocycles. The van der Waals surface area contributed by atoms with E-state index in [1.54, 1.807) is 0 Å². The van der Waals surface area contributed by atoms with E-state index in [2.05, 4.69) is 29.6 Å². The van der Waals surface area contributed by atoms with E-state index in [-0.39, 0.29) is 11.8 Å². The van der Waals surface area contributed by atoms with Crippen molar-refractivity contribution in [3.63, 3.8) is 0 Å². The number of carbonyl (C=O) groups is 1. The van der Waals surface area contributed by atoms with E-state index in [9.17, 15) is 9.90 Å². The Labute approximate surface area is 143 Å². The second kappa shape index (κ2) is 6.54. The normalized spacial score (nSPS) is 22.5. The maximum Gasteiger partial charge on any atom is 0.225 e. The minimum absolute atomic E-state index is 0.0125. The number of carbonyl (C=O) groups excluding carboxylic acids is 1. The zero-order valence-corrected chi connectivity index (χ0v) is 14.6. The molecular formula is C20H26N2O2. The van der Waals surface area contributed by atoms with E-state index in [4.69, 9.17) is 0 Å². The van der Waals surface area contributed by atoms with Gasteiger partial charge in [-0.1, -0.05) is 42.5 Å². The Morgan fingerprint density at radius 2 is 1.88 bits per heavy atom. The average Bonchev–Trinajstić information content (AvgIpc) is 2.53. The molecule has 1 aliphatic rings. The second-order valence-corrected chi connectivity index (χ2v) is 7.45. The van der Waals surface area contributed by atoms with Gasteiger partial charge < -0.3 is 15.3 Å². The first kappa shape index (κ1) is 16.9. The summed E-state index contributed by atoms with van der Waals surface area (Å²) in [6.45, 7) is 5.40. The van der Waals surface area contributed by atoms with Crippen molar-refractivity contribution in [3.8, 4) is 0 Å². The Morgan fingerprint density at radius 3 is 2.62 bits per heavy atom. The predicted molar refractivity (Wildman–Crippen MR) is 96.7 cm³/mol. The number of aliphatic hydroxyl groups excluding tert-OH is 1. The summed E-state index contributed by atoms with van der Waals surface area (Å²) in [4.78, 5) is 14.8. The molecule has 0 aromatic heterocycles. The highest BCUT2D eigenvalue weighted by Crippen LogP contribution is 2.29. The molecule has 4 nitrogen and oxygen atoms in total. The van der Waals surface area contributed by atoms with Crippen LogP contribution in [-0.4, -0.2) is 42.2 Å². The van der Waals surface area contributed by atoms with Crippen molar-refractivity contribution < 1.29 is 9.90 Å². The van der Waals surface area contributed by atoms with Gasteiger partial charge in [0.05, 0.1) is 17.6 Å². The van der Waals surface area contributed by atoms with E-state index >= 15 is 0 Å². The molecule has 1 saturated heterocycles. The molecule has 1 heterocycles. The van der Waals surface area contributed by atoms with E-state index in [1.807, 2.05) is 44.0 Å². The van der Waals surface area contributed by atoms with Crippen LogP contribution >= 0.6 is 0 Å². The number of benzene rings is 2. The molecule has 0 bridgehead atoms. The van der Waals surface area contributed by atoms with Crippen LogP contribution in [0, 0.1) is 5.92 Å². The van der Waals surface area contributed by atoms with Crippen molar-refractivity contribution in [2.75, 3.05) is 20.1 Å². The molecular weight excluding hydrogens is 300 g/mol. The van der Waals surface area contributed by atoms with Crippen LogP contribution in [-0.2, 0) is 10.3 Å². The molecule has 128 valence electrons. The van der Waals surface area contributed by atoms with Gasteiger partial charge in [-0.2, -0.15) is 0 Å². The smallest absolute Gasteiger partial charge is 0.225 e.